The molecule has 2 aromatic rings. The van der Waals surface area contributed by atoms with Gasteiger partial charge in [-0.25, -0.2) is 0 Å². The zero-order valence-corrected chi connectivity index (χ0v) is 17.7. The first kappa shape index (κ1) is 21.3. The van der Waals surface area contributed by atoms with Crippen LogP contribution in [0.25, 0.3) is 33.0 Å². The Morgan fingerprint density at radius 2 is 1.17 bits per heavy atom. The van der Waals surface area contributed by atoms with Gasteiger partial charge in [-0.1, -0.05) is 103 Å². The van der Waals surface area contributed by atoms with Crippen molar-refractivity contribution in [2.75, 3.05) is 0 Å². The lowest BCUT2D eigenvalue weighted by Crippen LogP contribution is -2.24. The van der Waals surface area contributed by atoms with Crippen LogP contribution < -0.4 is 0 Å². The molecule has 152 valence electrons. The van der Waals surface area contributed by atoms with Gasteiger partial charge in [0.2, 0.25) is 0 Å². The number of azide groups is 2. The van der Waals surface area contributed by atoms with Crippen molar-refractivity contribution in [1.29, 1.82) is 0 Å². The van der Waals surface area contributed by atoms with Crippen molar-refractivity contribution in [3.63, 3.8) is 0 Å². The molecule has 6 nitrogen and oxygen atoms in total. The summed E-state index contributed by atoms with van der Waals surface area (Å²) in [7, 11) is 0. The molecule has 1 unspecified atom stereocenters. The standard InChI is InChI=1S/C24H26N6/c1-24(2,3)21-15-19(12-17-4-8-22(9-5-17)27-29-25)14-20(16-21)13-18-6-10-23(11-7-18)28-30-26/h4-13,21H,14-16H2,1-3H3/b19-12-,20-13+. The van der Waals surface area contributed by atoms with E-state index in [9.17, 15) is 0 Å². The van der Waals surface area contributed by atoms with Gasteiger partial charge in [-0.3, -0.25) is 0 Å². The van der Waals surface area contributed by atoms with Crippen molar-refractivity contribution in [1.82, 2.24) is 0 Å². The van der Waals surface area contributed by atoms with Gasteiger partial charge in [0.05, 0.1) is 0 Å². The van der Waals surface area contributed by atoms with Crippen LogP contribution in [0.3, 0.4) is 0 Å². The SMILES string of the molecule is CC(C)(C)C1C/C(=C/c2ccc(N=[N+]=[N-])cc2)C/C(=C/c2ccc(N=[N+]=[N-])cc2)C1. The Kier molecular flexibility index (Phi) is 6.63. The molecule has 0 radical (unpaired) electrons. The molecule has 30 heavy (non-hydrogen) atoms. The molecule has 0 aliphatic heterocycles. The number of benzene rings is 2. The summed E-state index contributed by atoms with van der Waals surface area (Å²) < 4.78 is 0. The van der Waals surface area contributed by atoms with Gasteiger partial charge in [-0.15, -0.1) is 0 Å². The third-order valence-electron chi connectivity index (χ3n) is 5.54. The second-order valence-corrected chi connectivity index (χ2v) is 8.82. The summed E-state index contributed by atoms with van der Waals surface area (Å²) in [5.74, 6) is 0.564. The highest BCUT2D eigenvalue weighted by Gasteiger charge is 2.30. The number of rotatable bonds is 4. The van der Waals surface area contributed by atoms with Crippen molar-refractivity contribution in [2.24, 2.45) is 21.6 Å². The molecular formula is C24H26N6. The van der Waals surface area contributed by atoms with Gasteiger partial charge >= 0.3 is 0 Å². The van der Waals surface area contributed by atoms with E-state index in [1.54, 1.807) is 0 Å². The van der Waals surface area contributed by atoms with Crippen LogP contribution in [-0.4, -0.2) is 0 Å². The van der Waals surface area contributed by atoms with Gasteiger partial charge in [0.15, 0.2) is 0 Å². The zero-order valence-electron chi connectivity index (χ0n) is 17.7. The van der Waals surface area contributed by atoms with Crippen LogP contribution in [0, 0.1) is 11.3 Å². The maximum atomic E-state index is 8.57. The summed E-state index contributed by atoms with van der Waals surface area (Å²) in [6.07, 6.45) is 7.62. The summed E-state index contributed by atoms with van der Waals surface area (Å²) in [5.41, 5.74) is 23.7. The summed E-state index contributed by atoms with van der Waals surface area (Å²) in [4.78, 5) is 5.66. The first-order chi connectivity index (χ1) is 14.4. The lowest BCUT2D eigenvalue weighted by atomic mass is 9.69. The molecule has 0 spiro atoms. The topological polar surface area (TPSA) is 97.5 Å². The van der Waals surface area contributed by atoms with Crippen molar-refractivity contribution in [2.45, 2.75) is 40.0 Å². The Morgan fingerprint density at radius 3 is 1.50 bits per heavy atom. The monoisotopic (exact) mass is 398 g/mol. The normalized spacial score (nSPS) is 19.2. The number of allylic oxidation sites excluding steroid dienone is 2. The predicted molar refractivity (Wildman–Crippen MR) is 123 cm³/mol. The molecular weight excluding hydrogens is 372 g/mol. The Hall–Kier alpha value is -3.46. The third-order valence-corrected chi connectivity index (χ3v) is 5.54. The van der Waals surface area contributed by atoms with Gasteiger partial charge in [-0.2, -0.15) is 0 Å². The lowest BCUT2D eigenvalue weighted by Gasteiger charge is -2.36. The molecule has 0 aromatic heterocycles. The first-order valence-electron chi connectivity index (χ1n) is 10.1. The van der Waals surface area contributed by atoms with Crippen LogP contribution in [0.4, 0.5) is 11.4 Å². The number of hydrogen-bond acceptors (Lipinski definition) is 2. The van der Waals surface area contributed by atoms with Crippen LogP contribution in [0.5, 0.6) is 0 Å². The molecule has 6 heteroatoms. The Labute approximate surface area is 177 Å². The molecule has 1 aliphatic rings. The van der Waals surface area contributed by atoms with Crippen LogP contribution in [0.15, 0.2) is 69.9 Å². The van der Waals surface area contributed by atoms with Gasteiger partial charge in [0, 0.05) is 21.2 Å². The molecule has 0 amide bonds. The van der Waals surface area contributed by atoms with E-state index in [1.165, 1.54) is 11.1 Å². The van der Waals surface area contributed by atoms with E-state index in [0.717, 1.165) is 30.4 Å². The Balaban J connectivity index is 1.88. The average Bonchev–Trinajstić information content (AvgIpc) is 2.71. The molecule has 1 saturated carbocycles. The second kappa shape index (κ2) is 9.36. The van der Waals surface area contributed by atoms with Crippen molar-refractivity contribution in [3.05, 3.63) is 91.7 Å². The highest BCUT2D eigenvalue weighted by atomic mass is 15.1. The number of nitrogens with zero attached hydrogens (tertiary/aromatic N) is 6. The fraction of sp³-hybridized carbons (Fsp3) is 0.333. The third kappa shape index (κ3) is 5.77. The van der Waals surface area contributed by atoms with E-state index >= 15 is 0 Å². The predicted octanol–water partition coefficient (Wildman–Crippen LogP) is 8.88. The minimum Gasteiger partial charge on any atom is -0.0653 e. The Morgan fingerprint density at radius 1 is 0.767 bits per heavy atom. The summed E-state index contributed by atoms with van der Waals surface area (Å²) in [6, 6.07) is 15.4. The van der Waals surface area contributed by atoms with Gasteiger partial charge < -0.3 is 0 Å². The molecule has 1 aliphatic carbocycles. The highest BCUT2D eigenvalue weighted by molar-refractivity contribution is 5.61. The second-order valence-electron chi connectivity index (χ2n) is 8.82. The van der Waals surface area contributed by atoms with Crippen molar-refractivity contribution in [3.8, 4) is 0 Å². The van der Waals surface area contributed by atoms with Crippen LogP contribution in [-0.2, 0) is 0 Å². The molecule has 0 bridgehead atoms. The summed E-state index contributed by atoms with van der Waals surface area (Å²) >= 11 is 0. The summed E-state index contributed by atoms with van der Waals surface area (Å²) in [6.45, 7) is 6.92. The van der Waals surface area contributed by atoms with Gasteiger partial charge in [0.25, 0.3) is 0 Å². The van der Waals surface area contributed by atoms with E-state index < -0.39 is 0 Å². The van der Waals surface area contributed by atoms with Crippen molar-refractivity contribution >= 4 is 23.5 Å². The van der Waals surface area contributed by atoms with Crippen LogP contribution >= 0.6 is 0 Å². The fourth-order valence-corrected chi connectivity index (χ4v) is 3.82. The maximum Gasteiger partial charge on any atom is 0.0375 e. The smallest absolute Gasteiger partial charge is 0.0375 e. The van der Waals surface area contributed by atoms with Crippen LogP contribution in [0.1, 0.15) is 51.2 Å². The molecule has 3 rings (SSSR count). The molecule has 0 saturated heterocycles. The maximum absolute atomic E-state index is 8.57. The van der Waals surface area contributed by atoms with E-state index in [0.29, 0.717) is 17.3 Å². The largest absolute Gasteiger partial charge is 0.0653 e. The molecule has 0 heterocycles. The van der Waals surface area contributed by atoms with E-state index in [1.807, 2.05) is 48.5 Å². The molecule has 1 fully saturated rings. The van der Waals surface area contributed by atoms with E-state index in [-0.39, 0.29) is 5.41 Å². The minimum atomic E-state index is 0.218. The first-order valence-corrected chi connectivity index (χ1v) is 10.1. The molecule has 1 atom stereocenters. The minimum absolute atomic E-state index is 0.218. The lowest BCUT2D eigenvalue weighted by molar-refractivity contribution is 0.226. The average molecular weight is 399 g/mol. The highest BCUT2D eigenvalue weighted by Crippen LogP contribution is 2.43. The Bertz CT molecular complexity index is 963. The van der Waals surface area contributed by atoms with E-state index in [2.05, 4.69) is 53.0 Å². The van der Waals surface area contributed by atoms with Gasteiger partial charge in [-0.05, 0) is 52.8 Å². The van der Waals surface area contributed by atoms with Crippen LogP contribution in [0.2, 0.25) is 0 Å². The van der Waals surface area contributed by atoms with Gasteiger partial charge in [0.1, 0.15) is 0 Å². The fourth-order valence-electron chi connectivity index (χ4n) is 3.82. The zero-order chi connectivity index (χ0) is 21.6. The quantitative estimate of drug-likeness (QED) is 0.279. The molecule has 2 aromatic carbocycles. The van der Waals surface area contributed by atoms with E-state index in [4.69, 9.17) is 11.1 Å². The van der Waals surface area contributed by atoms with Crippen molar-refractivity contribution < 1.29 is 0 Å². The summed E-state index contributed by atoms with van der Waals surface area (Å²) in [5, 5.41) is 7.28. The number of hydrogen-bond donors (Lipinski definition) is 0. The molecule has 0 N–H and O–H groups in total.